The summed E-state index contributed by atoms with van der Waals surface area (Å²) in [7, 11) is 3.14. The minimum absolute atomic E-state index is 0.167. The Bertz CT molecular complexity index is 504. The lowest BCUT2D eigenvalue weighted by molar-refractivity contribution is -0.140. The van der Waals surface area contributed by atoms with Crippen LogP contribution in [-0.2, 0) is 16.1 Å². The zero-order valence-electron chi connectivity index (χ0n) is 14.2. The summed E-state index contributed by atoms with van der Waals surface area (Å²) in [5, 5.41) is 6.49. The van der Waals surface area contributed by atoms with E-state index in [1.165, 1.54) is 7.11 Å². The number of guanidine groups is 1. The molecule has 6 heteroatoms. The highest BCUT2D eigenvalue weighted by Gasteiger charge is 2.04. The molecule has 6 nitrogen and oxygen atoms in total. The monoisotopic (exact) mass is 321 g/mol. The van der Waals surface area contributed by atoms with Crippen LogP contribution in [0.3, 0.4) is 0 Å². The predicted molar refractivity (Wildman–Crippen MR) is 91.7 cm³/mol. The Balaban J connectivity index is 2.33. The van der Waals surface area contributed by atoms with Gasteiger partial charge in [0.15, 0.2) is 5.96 Å². The highest BCUT2D eigenvalue weighted by atomic mass is 16.5. The molecular formula is C17H27N3O3. The second-order valence-corrected chi connectivity index (χ2v) is 4.93. The number of ether oxygens (including phenoxy) is 2. The first-order valence-electron chi connectivity index (χ1n) is 7.93. The summed E-state index contributed by atoms with van der Waals surface area (Å²) in [5.41, 5.74) is 1.09. The first-order valence-corrected chi connectivity index (χ1v) is 7.93. The predicted octanol–water partition coefficient (Wildman–Crippen LogP) is 2.09. The SMILES string of the molecule is CCOc1ccccc1CNC(=NC)NCCCCC(=O)OC. The summed E-state index contributed by atoms with van der Waals surface area (Å²) in [6, 6.07) is 7.94. The smallest absolute Gasteiger partial charge is 0.305 e. The molecule has 0 aliphatic heterocycles. The van der Waals surface area contributed by atoms with E-state index < -0.39 is 0 Å². The maximum absolute atomic E-state index is 11.0. The van der Waals surface area contributed by atoms with Gasteiger partial charge in [-0.15, -0.1) is 0 Å². The van der Waals surface area contributed by atoms with Crippen LogP contribution in [0.25, 0.3) is 0 Å². The van der Waals surface area contributed by atoms with Crippen molar-refractivity contribution in [3.63, 3.8) is 0 Å². The molecule has 2 N–H and O–H groups in total. The number of aliphatic imine (C=N–C) groups is 1. The average Bonchev–Trinajstić information content (AvgIpc) is 2.58. The van der Waals surface area contributed by atoms with E-state index in [4.69, 9.17) is 4.74 Å². The number of carbonyl (C=O) groups is 1. The van der Waals surface area contributed by atoms with Gasteiger partial charge >= 0.3 is 5.97 Å². The Morgan fingerprint density at radius 1 is 1.22 bits per heavy atom. The minimum Gasteiger partial charge on any atom is -0.494 e. The van der Waals surface area contributed by atoms with Gasteiger partial charge in [-0.1, -0.05) is 18.2 Å². The molecule has 0 aromatic heterocycles. The van der Waals surface area contributed by atoms with Crippen LogP contribution >= 0.6 is 0 Å². The fourth-order valence-electron chi connectivity index (χ4n) is 2.05. The van der Waals surface area contributed by atoms with Crippen molar-refractivity contribution in [1.82, 2.24) is 10.6 Å². The number of nitrogens with one attached hydrogen (secondary N) is 2. The molecule has 0 fully saturated rings. The number of carbonyl (C=O) groups excluding carboxylic acids is 1. The van der Waals surface area contributed by atoms with E-state index in [9.17, 15) is 4.79 Å². The van der Waals surface area contributed by atoms with Crippen molar-refractivity contribution in [1.29, 1.82) is 0 Å². The van der Waals surface area contributed by atoms with Crippen LogP contribution in [0.15, 0.2) is 29.3 Å². The zero-order chi connectivity index (χ0) is 16.9. The van der Waals surface area contributed by atoms with Crippen LogP contribution in [0, 0.1) is 0 Å². The van der Waals surface area contributed by atoms with Crippen molar-refractivity contribution in [3.8, 4) is 5.75 Å². The number of para-hydroxylation sites is 1. The lowest BCUT2D eigenvalue weighted by atomic mass is 10.2. The van der Waals surface area contributed by atoms with E-state index in [-0.39, 0.29) is 5.97 Å². The van der Waals surface area contributed by atoms with Crippen molar-refractivity contribution in [2.75, 3.05) is 27.3 Å². The number of nitrogens with zero attached hydrogens (tertiary/aromatic N) is 1. The molecule has 0 atom stereocenters. The number of benzene rings is 1. The molecule has 0 aliphatic carbocycles. The zero-order valence-corrected chi connectivity index (χ0v) is 14.2. The van der Waals surface area contributed by atoms with E-state index in [2.05, 4.69) is 20.4 Å². The molecule has 23 heavy (non-hydrogen) atoms. The maximum atomic E-state index is 11.0. The van der Waals surface area contributed by atoms with Gasteiger partial charge in [0.1, 0.15) is 5.75 Å². The number of hydrogen-bond donors (Lipinski definition) is 2. The van der Waals surface area contributed by atoms with Gasteiger partial charge in [0, 0.05) is 32.1 Å². The topological polar surface area (TPSA) is 72.0 Å². The molecule has 1 aromatic rings. The second-order valence-electron chi connectivity index (χ2n) is 4.93. The summed E-state index contributed by atoms with van der Waals surface area (Å²) >= 11 is 0. The van der Waals surface area contributed by atoms with Crippen LogP contribution in [-0.4, -0.2) is 39.2 Å². The van der Waals surface area contributed by atoms with Crippen molar-refractivity contribution in [2.45, 2.75) is 32.7 Å². The van der Waals surface area contributed by atoms with E-state index in [0.717, 1.165) is 36.7 Å². The molecule has 0 radical (unpaired) electrons. The fraction of sp³-hybridized carbons (Fsp3) is 0.529. The Morgan fingerprint density at radius 3 is 2.70 bits per heavy atom. The normalized spacial score (nSPS) is 11.0. The molecule has 0 saturated carbocycles. The van der Waals surface area contributed by atoms with Crippen molar-refractivity contribution < 1.29 is 14.3 Å². The highest BCUT2D eigenvalue weighted by molar-refractivity contribution is 5.79. The third-order valence-corrected chi connectivity index (χ3v) is 3.27. The standard InChI is InChI=1S/C17H27N3O3/c1-4-23-15-10-6-5-9-14(15)13-20-17(18-2)19-12-8-7-11-16(21)22-3/h5-6,9-10H,4,7-8,11-13H2,1-3H3,(H2,18,19,20). The fourth-order valence-corrected chi connectivity index (χ4v) is 2.05. The van der Waals surface area contributed by atoms with Gasteiger partial charge in [-0.25, -0.2) is 0 Å². The Morgan fingerprint density at radius 2 is 2.00 bits per heavy atom. The van der Waals surface area contributed by atoms with Gasteiger partial charge in [0.25, 0.3) is 0 Å². The molecule has 1 rings (SSSR count). The van der Waals surface area contributed by atoms with Gasteiger partial charge < -0.3 is 20.1 Å². The first-order chi connectivity index (χ1) is 11.2. The van der Waals surface area contributed by atoms with Gasteiger partial charge in [0.2, 0.25) is 0 Å². The van der Waals surface area contributed by atoms with Gasteiger partial charge in [-0.2, -0.15) is 0 Å². The maximum Gasteiger partial charge on any atom is 0.305 e. The largest absolute Gasteiger partial charge is 0.494 e. The molecule has 128 valence electrons. The molecule has 0 saturated heterocycles. The molecule has 0 aliphatic rings. The van der Waals surface area contributed by atoms with E-state index in [1.807, 2.05) is 31.2 Å². The molecular weight excluding hydrogens is 294 g/mol. The summed E-state index contributed by atoms with van der Waals surface area (Å²) < 4.78 is 10.2. The van der Waals surface area contributed by atoms with Crippen LogP contribution in [0.4, 0.5) is 0 Å². The molecule has 0 unspecified atom stereocenters. The van der Waals surface area contributed by atoms with Crippen molar-refractivity contribution >= 4 is 11.9 Å². The summed E-state index contributed by atoms with van der Waals surface area (Å²) in [5.74, 6) is 1.45. The number of methoxy groups -OCH3 is 1. The van der Waals surface area contributed by atoms with Crippen LogP contribution < -0.4 is 15.4 Å². The van der Waals surface area contributed by atoms with Crippen molar-refractivity contribution in [2.24, 2.45) is 4.99 Å². The first kappa shape index (κ1) is 18.8. The summed E-state index contributed by atoms with van der Waals surface area (Å²) in [4.78, 5) is 15.2. The highest BCUT2D eigenvalue weighted by Crippen LogP contribution is 2.17. The third kappa shape index (κ3) is 7.54. The van der Waals surface area contributed by atoms with Crippen LogP contribution in [0.5, 0.6) is 5.75 Å². The van der Waals surface area contributed by atoms with Gasteiger partial charge in [-0.3, -0.25) is 9.79 Å². The van der Waals surface area contributed by atoms with Gasteiger partial charge in [0.05, 0.1) is 13.7 Å². The second kappa shape index (κ2) is 11.3. The number of esters is 1. The average molecular weight is 321 g/mol. The Labute approximate surface area is 138 Å². The molecule has 0 amide bonds. The van der Waals surface area contributed by atoms with Gasteiger partial charge in [-0.05, 0) is 25.8 Å². The summed E-state index contributed by atoms with van der Waals surface area (Å²) in [6.07, 6.45) is 2.13. The van der Waals surface area contributed by atoms with Crippen LogP contribution in [0.1, 0.15) is 31.7 Å². The minimum atomic E-state index is -0.167. The third-order valence-electron chi connectivity index (χ3n) is 3.27. The molecule has 0 heterocycles. The Hall–Kier alpha value is -2.24. The molecule has 1 aromatic carbocycles. The lowest BCUT2D eigenvalue weighted by Gasteiger charge is -2.14. The summed E-state index contributed by atoms with van der Waals surface area (Å²) in [6.45, 7) is 4.00. The number of unbranched alkanes of at least 4 members (excludes halogenated alkanes) is 1. The van der Waals surface area contributed by atoms with Crippen LogP contribution in [0.2, 0.25) is 0 Å². The number of rotatable bonds is 9. The van der Waals surface area contributed by atoms with E-state index in [0.29, 0.717) is 19.6 Å². The van der Waals surface area contributed by atoms with E-state index >= 15 is 0 Å². The molecule has 0 spiro atoms. The quantitative estimate of drug-likeness (QED) is 0.315. The van der Waals surface area contributed by atoms with E-state index in [1.54, 1.807) is 7.05 Å². The Kier molecular flexibility index (Phi) is 9.28. The number of hydrogen-bond acceptors (Lipinski definition) is 4. The van der Waals surface area contributed by atoms with Crippen molar-refractivity contribution in [3.05, 3.63) is 29.8 Å². The molecule has 0 bridgehead atoms. The lowest BCUT2D eigenvalue weighted by Crippen LogP contribution is -2.37.